The number of hydrogen-bond acceptors (Lipinski definition) is 36. The van der Waals surface area contributed by atoms with Gasteiger partial charge in [-0.3, -0.25) is 28.8 Å². The van der Waals surface area contributed by atoms with E-state index >= 15 is 19.2 Å². The van der Waals surface area contributed by atoms with Crippen molar-refractivity contribution in [3.8, 4) is 38.4 Å². The fraction of sp³-hybridized carbons (Fsp3) is 0.444. The Morgan fingerprint density at radius 2 is 1.39 bits per heavy atom. The average Bonchev–Trinajstić information content (AvgIpc) is 1.60. The first kappa shape index (κ1) is 84.6. The number of aliphatic hydroxyl groups excluding tert-OH is 2. The first-order chi connectivity index (χ1) is 55.2. The molecule has 7 aromatic heterocycles. The SMILES string of the molecule is C=C(NC(=O)c1csc(-c2nc3c(cc2O)-c2nc(cs2)C(=O)N[C@@H]([C@@H](C)O)C(=O)N/C(=C(\C)OC)c2nc(cs2)C(=O)N[C@@H]2c4nc(cs4)C(=O)N[C@@H](COC(=O)c4c5c6c(cccc6n4OCCOCCOCCOCCOCCOCO)COC(=O)[C@@H](O[C@H]4C[C@](C)(O)[C@H](N(C)C)[C@H](C)O4)[C@H]2OC5)c2nc-3cs2)n1)C(N)=O. The van der Waals surface area contributed by atoms with Gasteiger partial charge in [0.15, 0.2) is 18.1 Å². The van der Waals surface area contributed by atoms with Crippen LogP contribution in [0.3, 0.4) is 0 Å². The van der Waals surface area contributed by atoms with Crippen LogP contribution in [-0.4, -0.2) is 256 Å². The molecule has 4 aliphatic rings. The molecule has 0 spiro atoms. The van der Waals surface area contributed by atoms with Gasteiger partial charge in [-0.15, -0.1) is 56.7 Å². The molecule has 11 N–H and O–H groups in total. The number of likely N-dealkylation sites (N-methyl/N-ethyl adjacent to an activating group) is 1. The normalized spacial score (nSPS) is 22.2. The molecule has 115 heavy (non-hydrogen) atoms. The highest BCUT2D eigenvalue weighted by Gasteiger charge is 2.50. The topological polar surface area (TPSA) is 500 Å². The average molecular weight is 1690 g/mol. The monoisotopic (exact) mass is 1690 g/mol. The van der Waals surface area contributed by atoms with E-state index in [1.165, 1.54) is 58.7 Å². The molecule has 0 radical (unpaired) electrons. The van der Waals surface area contributed by atoms with Crippen molar-refractivity contribution in [2.75, 3.05) is 101 Å². The van der Waals surface area contributed by atoms with Gasteiger partial charge in [-0.2, -0.15) is 4.73 Å². The minimum Gasteiger partial charge on any atom is -0.506 e. The molecule has 12 rings (SSSR count). The van der Waals surface area contributed by atoms with Gasteiger partial charge in [0.05, 0.1) is 108 Å². The lowest BCUT2D eigenvalue weighted by molar-refractivity contribution is -0.280. The first-order valence-electron chi connectivity index (χ1n) is 35.6. The molecule has 614 valence electrons. The van der Waals surface area contributed by atoms with Crippen LogP contribution >= 0.6 is 56.7 Å². The number of carbonyl (C=O) groups excluding carboxylic acids is 8. The number of aromatic nitrogens is 7. The third-order valence-electron chi connectivity index (χ3n) is 18.3. The Balaban J connectivity index is 0.992. The molecular formula is C72H82N14O24S5. The van der Waals surface area contributed by atoms with Gasteiger partial charge < -0.3 is 115 Å². The van der Waals surface area contributed by atoms with Crippen molar-refractivity contribution in [3.63, 3.8) is 0 Å². The Bertz CT molecular complexity index is 4950. The summed E-state index contributed by atoms with van der Waals surface area (Å²) in [5.74, 6) is -8.24. The zero-order chi connectivity index (χ0) is 81.9. The van der Waals surface area contributed by atoms with E-state index < -0.39 is 146 Å². The first-order valence-corrected chi connectivity index (χ1v) is 40.0. The van der Waals surface area contributed by atoms with Crippen molar-refractivity contribution in [1.82, 2.24) is 66.1 Å². The number of primary amides is 1. The second kappa shape index (κ2) is 37.9. The third kappa shape index (κ3) is 19.7. The van der Waals surface area contributed by atoms with E-state index in [2.05, 4.69) is 48.1 Å². The highest BCUT2D eigenvalue weighted by molar-refractivity contribution is 7.14. The highest BCUT2D eigenvalue weighted by Crippen LogP contribution is 2.43. The Hall–Kier alpha value is -9.78. The lowest BCUT2D eigenvalue weighted by Gasteiger charge is -2.48. The molecule has 38 nitrogen and oxygen atoms in total. The van der Waals surface area contributed by atoms with Crippen molar-refractivity contribution >= 4 is 121 Å². The number of hydrogen-bond donors (Lipinski definition) is 10. The maximum atomic E-state index is 15.8. The van der Waals surface area contributed by atoms with Crippen LogP contribution in [-0.2, 0) is 79.7 Å². The molecule has 11 heterocycles. The molecule has 0 unspecified atom stereocenters. The van der Waals surface area contributed by atoms with Gasteiger partial charge in [-0.25, -0.2) is 39.5 Å². The summed E-state index contributed by atoms with van der Waals surface area (Å²) in [4.78, 5) is 153. The van der Waals surface area contributed by atoms with Crippen LogP contribution in [0, 0.1) is 0 Å². The zero-order valence-electron chi connectivity index (χ0n) is 62.9. The van der Waals surface area contributed by atoms with Crippen LogP contribution in [0.4, 0.5) is 0 Å². The molecular weight excluding hydrogens is 1610 g/mol. The summed E-state index contributed by atoms with van der Waals surface area (Å²) in [5.41, 5.74) is 2.48. The van der Waals surface area contributed by atoms with Gasteiger partial charge in [0, 0.05) is 49.8 Å². The van der Waals surface area contributed by atoms with E-state index in [0.29, 0.717) is 30.8 Å². The van der Waals surface area contributed by atoms with E-state index in [1.54, 1.807) is 51.0 Å². The summed E-state index contributed by atoms with van der Waals surface area (Å²) in [7, 11) is 4.85. The van der Waals surface area contributed by atoms with Gasteiger partial charge in [-0.05, 0) is 59.5 Å². The van der Waals surface area contributed by atoms with E-state index in [9.17, 15) is 34.5 Å². The Morgan fingerprint density at radius 1 is 0.774 bits per heavy atom. The lowest BCUT2D eigenvalue weighted by atomic mass is 9.85. The summed E-state index contributed by atoms with van der Waals surface area (Å²) in [6.45, 7) is 9.01. The Labute approximate surface area is 675 Å². The van der Waals surface area contributed by atoms with Crippen molar-refractivity contribution in [2.45, 2.75) is 108 Å². The molecule has 8 aromatic rings. The number of thiazole rings is 5. The summed E-state index contributed by atoms with van der Waals surface area (Å²) >= 11 is 4.47. The maximum absolute atomic E-state index is 15.8. The summed E-state index contributed by atoms with van der Waals surface area (Å²) in [6, 6.07) is 0.849. The van der Waals surface area contributed by atoms with Crippen molar-refractivity contribution in [3.05, 3.63) is 124 Å². The number of amides is 6. The second-order valence-electron chi connectivity index (χ2n) is 26.6. The highest BCUT2D eigenvalue weighted by atomic mass is 32.1. The zero-order valence-corrected chi connectivity index (χ0v) is 66.9. The number of carbonyl (C=O) groups is 8. The number of cyclic esters (lactones) is 2. The molecule has 0 aliphatic carbocycles. The van der Waals surface area contributed by atoms with E-state index in [4.69, 9.17) is 82.7 Å². The Morgan fingerprint density at radius 3 is 2.06 bits per heavy atom. The van der Waals surface area contributed by atoms with Crippen molar-refractivity contribution < 1.29 is 116 Å². The van der Waals surface area contributed by atoms with E-state index in [-0.39, 0.29) is 151 Å². The number of allylic oxidation sites excluding steroid dienone is 1. The summed E-state index contributed by atoms with van der Waals surface area (Å²) in [6.07, 6.45) is -7.68. The minimum absolute atomic E-state index is 0.0194. The lowest BCUT2D eigenvalue weighted by Crippen LogP contribution is -2.62. The number of benzene rings is 1. The van der Waals surface area contributed by atoms with Crippen LogP contribution in [0.15, 0.2) is 69.2 Å². The number of fused-ring (bicyclic) bond motifs is 15. The molecule has 12 bridgehead atoms. The predicted octanol–water partition coefficient (Wildman–Crippen LogP) is 3.12. The van der Waals surface area contributed by atoms with Crippen molar-refractivity contribution in [1.29, 1.82) is 0 Å². The molecule has 0 saturated carbocycles. The maximum Gasteiger partial charge on any atom is 0.358 e. The fourth-order valence-corrected chi connectivity index (χ4v) is 17.2. The van der Waals surface area contributed by atoms with Gasteiger partial charge in [0.2, 0.25) is 5.91 Å². The minimum atomic E-state index is -1.94. The molecule has 1 fully saturated rings. The van der Waals surface area contributed by atoms with Crippen LogP contribution in [0.1, 0.15) is 125 Å². The number of aliphatic hydroxyl groups is 3. The van der Waals surface area contributed by atoms with Crippen LogP contribution in [0.5, 0.6) is 5.75 Å². The number of nitrogens with one attached hydrogen (secondary N) is 5. The quantitative estimate of drug-likeness (QED) is 0.0122. The fourth-order valence-electron chi connectivity index (χ4n) is 13.0. The largest absolute Gasteiger partial charge is 0.506 e. The van der Waals surface area contributed by atoms with Gasteiger partial charge in [0.1, 0.15) is 133 Å². The molecule has 43 heteroatoms. The number of nitrogens with two attached hydrogens (primary N) is 1. The van der Waals surface area contributed by atoms with Crippen LogP contribution in [0.2, 0.25) is 0 Å². The second-order valence-corrected chi connectivity index (χ2v) is 31.0. The molecule has 6 amide bonds. The number of nitrogens with zero attached hydrogens (tertiary/aromatic N) is 8. The van der Waals surface area contributed by atoms with Gasteiger partial charge >= 0.3 is 11.9 Å². The van der Waals surface area contributed by atoms with Gasteiger partial charge in [0.25, 0.3) is 29.5 Å². The smallest absolute Gasteiger partial charge is 0.358 e. The molecule has 4 aliphatic heterocycles. The van der Waals surface area contributed by atoms with E-state index in [1.807, 2.05) is 0 Å². The van der Waals surface area contributed by atoms with Gasteiger partial charge in [-0.1, -0.05) is 18.7 Å². The number of pyridine rings is 1. The third-order valence-corrected chi connectivity index (χ3v) is 22.8. The standard InChI is InChI=1S/C72H82N14O24S5/c1-33(59(73)90)74-60(91)42-29-114-68(79-42)53-47(89)22-38-52(81-53)41-27-112-66(76-41)40-26-107-70(96)55-39-25-105-56(54(69-80-43(30-115-69)61(92)75-40)84-63(94)45-31-113-67(78-45)51(35(3)99-8)83-64(95)50(34(2)88)82-62(93)44-28-111-65(38)77-44)57(110-48-23-72(5,98)58(85(6)7)36(4)109-48)71(97)106-24-37-10-9-11-46(49(37)39)86(55)108-21-20-103-17-16-101-13-12-100-14-15-102-18-19-104-32-87/h9-11,22,27-31,34,36,40,48,50,54,56-58,87-89,98H,1,12-21,23-26,32H2,2-8H3,(H2,73,90)(H,74,91)(H,75,92)(H,82,93)(H,83,95)(H,84,94)/b51-35+/t34-,36+,40+,48+,50+,54+,56+,57+,58-,72+/m1/s1. The summed E-state index contributed by atoms with van der Waals surface area (Å²) in [5, 5.41) is 64.7. The Kier molecular flexibility index (Phi) is 27.9. The number of methoxy groups -OCH3 is 1. The molecule has 1 saturated heterocycles. The van der Waals surface area contributed by atoms with Crippen LogP contribution < -0.4 is 37.2 Å². The number of aromatic hydroxyl groups is 1. The number of ether oxygens (including phenoxy) is 11. The van der Waals surface area contributed by atoms with E-state index in [0.717, 1.165) is 56.7 Å². The molecule has 10 atom stereocenters. The predicted molar refractivity (Wildman–Crippen MR) is 411 cm³/mol. The summed E-state index contributed by atoms with van der Waals surface area (Å²) < 4.78 is 67.2. The number of esters is 2. The number of rotatable bonds is 26. The van der Waals surface area contributed by atoms with Crippen molar-refractivity contribution in [2.24, 2.45) is 5.73 Å². The van der Waals surface area contributed by atoms with Crippen LogP contribution in [0.25, 0.3) is 49.3 Å². The molecule has 1 aromatic carbocycles.